The fourth-order valence-corrected chi connectivity index (χ4v) is 1.16. The number of rotatable bonds is 0. The number of hydrogen-bond acceptors (Lipinski definition) is 2. The Morgan fingerprint density at radius 1 is 1.70 bits per heavy atom. The second kappa shape index (κ2) is 2.78. The fraction of sp³-hybridized carbons (Fsp3) is 0.500. The first-order chi connectivity index (χ1) is 4.72. The molecule has 1 aliphatic rings. The van der Waals surface area contributed by atoms with Gasteiger partial charge in [-0.05, 0) is 19.8 Å². The van der Waals surface area contributed by atoms with Gasteiger partial charge in [0.25, 0.3) is 0 Å². The summed E-state index contributed by atoms with van der Waals surface area (Å²) in [5.41, 5.74) is 1.86. The van der Waals surface area contributed by atoms with Crippen LogP contribution in [0.3, 0.4) is 0 Å². The van der Waals surface area contributed by atoms with E-state index in [1.165, 1.54) is 0 Å². The lowest BCUT2D eigenvalue weighted by atomic mass is 10.0. The van der Waals surface area contributed by atoms with Crippen molar-refractivity contribution < 1.29 is 5.11 Å². The molecule has 1 rings (SSSR count). The first-order valence-corrected chi connectivity index (χ1v) is 3.53. The third-order valence-electron chi connectivity index (χ3n) is 1.74. The maximum absolute atomic E-state index is 9.13. The van der Waals surface area contributed by atoms with Crippen LogP contribution in [0.5, 0.6) is 0 Å². The summed E-state index contributed by atoms with van der Waals surface area (Å²) in [5, 5.41) is 12.2. The largest absolute Gasteiger partial charge is 0.512 e. The monoisotopic (exact) mass is 139 g/mol. The summed E-state index contributed by atoms with van der Waals surface area (Å²) >= 11 is 0. The van der Waals surface area contributed by atoms with Crippen LogP contribution in [0, 0.1) is 0 Å². The quantitative estimate of drug-likeness (QED) is 0.501. The molecule has 0 amide bonds. The molecule has 0 saturated carbocycles. The van der Waals surface area contributed by atoms with Crippen LogP contribution in [0.2, 0.25) is 0 Å². The number of aliphatic hydroxyl groups is 1. The minimum atomic E-state index is 0.400. The standard InChI is InChI=1S/C8H13NO/c1-6-8(7(2)10)4-3-5-9-6/h9-10H,1,3-5H2,2H3/b8-7+. The molecule has 0 aromatic carbocycles. The van der Waals surface area contributed by atoms with Gasteiger partial charge in [0.15, 0.2) is 0 Å². The van der Waals surface area contributed by atoms with Gasteiger partial charge in [0, 0.05) is 17.8 Å². The van der Waals surface area contributed by atoms with Crippen LogP contribution in [0.15, 0.2) is 23.6 Å². The molecule has 0 aromatic heterocycles. The molecule has 56 valence electrons. The molecule has 1 heterocycles. The van der Waals surface area contributed by atoms with Crippen molar-refractivity contribution in [1.82, 2.24) is 5.32 Å². The second-order valence-corrected chi connectivity index (χ2v) is 2.57. The minimum absolute atomic E-state index is 0.400. The van der Waals surface area contributed by atoms with Crippen LogP contribution in [-0.4, -0.2) is 11.7 Å². The van der Waals surface area contributed by atoms with E-state index in [2.05, 4.69) is 11.9 Å². The molecule has 2 N–H and O–H groups in total. The van der Waals surface area contributed by atoms with Crippen LogP contribution in [-0.2, 0) is 0 Å². The van der Waals surface area contributed by atoms with Crippen LogP contribution in [0.25, 0.3) is 0 Å². The van der Waals surface area contributed by atoms with E-state index in [9.17, 15) is 0 Å². The number of nitrogens with one attached hydrogen (secondary N) is 1. The molecular weight excluding hydrogens is 126 g/mol. The lowest BCUT2D eigenvalue weighted by Crippen LogP contribution is -2.21. The van der Waals surface area contributed by atoms with Crippen molar-refractivity contribution in [2.45, 2.75) is 19.8 Å². The van der Waals surface area contributed by atoms with Gasteiger partial charge in [0.2, 0.25) is 0 Å². The van der Waals surface area contributed by atoms with Crippen molar-refractivity contribution in [2.75, 3.05) is 6.54 Å². The van der Waals surface area contributed by atoms with E-state index in [1.54, 1.807) is 6.92 Å². The molecular formula is C8H13NO. The predicted molar refractivity (Wildman–Crippen MR) is 41.7 cm³/mol. The Balaban J connectivity index is 2.75. The van der Waals surface area contributed by atoms with Crippen molar-refractivity contribution in [1.29, 1.82) is 0 Å². The second-order valence-electron chi connectivity index (χ2n) is 2.57. The molecule has 0 aromatic rings. The molecule has 2 nitrogen and oxygen atoms in total. The van der Waals surface area contributed by atoms with Crippen molar-refractivity contribution >= 4 is 0 Å². The van der Waals surface area contributed by atoms with Crippen molar-refractivity contribution in [2.24, 2.45) is 0 Å². The summed E-state index contributed by atoms with van der Waals surface area (Å²) in [5.74, 6) is 0.400. The van der Waals surface area contributed by atoms with Gasteiger partial charge in [-0.3, -0.25) is 0 Å². The number of piperidine rings is 1. The van der Waals surface area contributed by atoms with E-state index in [-0.39, 0.29) is 0 Å². The van der Waals surface area contributed by atoms with Gasteiger partial charge in [0.1, 0.15) is 0 Å². The van der Waals surface area contributed by atoms with Gasteiger partial charge in [-0.25, -0.2) is 0 Å². The van der Waals surface area contributed by atoms with Gasteiger partial charge in [-0.1, -0.05) is 6.58 Å². The molecule has 1 fully saturated rings. The third-order valence-corrected chi connectivity index (χ3v) is 1.74. The lowest BCUT2D eigenvalue weighted by Gasteiger charge is -2.19. The van der Waals surface area contributed by atoms with E-state index >= 15 is 0 Å². The van der Waals surface area contributed by atoms with Crippen LogP contribution >= 0.6 is 0 Å². The molecule has 2 heteroatoms. The Kier molecular flexibility index (Phi) is 2.00. The maximum atomic E-state index is 9.13. The highest BCUT2D eigenvalue weighted by molar-refractivity contribution is 5.30. The van der Waals surface area contributed by atoms with E-state index < -0.39 is 0 Å². The summed E-state index contributed by atoms with van der Waals surface area (Å²) in [4.78, 5) is 0. The summed E-state index contributed by atoms with van der Waals surface area (Å²) in [6.45, 7) is 6.47. The first kappa shape index (κ1) is 7.19. The number of allylic oxidation sites excluding steroid dienone is 2. The Bertz CT molecular complexity index is 178. The van der Waals surface area contributed by atoms with Gasteiger partial charge < -0.3 is 10.4 Å². The smallest absolute Gasteiger partial charge is 0.0944 e. The number of hydrogen-bond donors (Lipinski definition) is 2. The Morgan fingerprint density at radius 2 is 2.40 bits per heavy atom. The summed E-state index contributed by atoms with van der Waals surface area (Å²) in [6.07, 6.45) is 2.04. The van der Waals surface area contributed by atoms with Gasteiger partial charge in [0.05, 0.1) is 5.76 Å². The zero-order valence-electron chi connectivity index (χ0n) is 6.28. The molecule has 0 radical (unpaired) electrons. The lowest BCUT2D eigenvalue weighted by molar-refractivity contribution is 0.401. The minimum Gasteiger partial charge on any atom is -0.512 e. The van der Waals surface area contributed by atoms with Crippen molar-refractivity contribution in [3.05, 3.63) is 23.6 Å². The average molecular weight is 139 g/mol. The van der Waals surface area contributed by atoms with Crippen LogP contribution in [0.1, 0.15) is 19.8 Å². The van der Waals surface area contributed by atoms with E-state index in [1.807, 2.05) is 0 Å². The molecule has 0 unspecified atom stereocenters. The molecule has 0 atom stereocenters. The highest BCUT2D eigenvalue weighted by Crippen LogP contribution is 2.19. The molecule has 10 heavy (non-hydrogen) atoms. The fourth-order valence-electron chi connectivity index (χ4n) is 1.16. The van der Waals surface area contributed by atoms with E-state index in [4.69, 9.17) is 5.11 Å². The Morgan fingerprint density at radius 3 is 2.80 bits per heavy atom. The van der Waals surface area contributed by atoms with Gasteiger partial charge >= 0.3 is 0 Å². The SMILES string of the molecule is C=C1NCCC/C1=C(/C)O. The van der Waals surface area contributed by atoms with Crippen molar-refractivity contribution in [3.8, 4) is 0 Å². The predicted octanol–water partition coefficient (Wildman–Crippen LogP) is 1.72. The van der Waals surface area contributed by atoms with Crippen LogP contribution < -0.4 is 5.32 Å². The Labute approximate surface area is 61.3 Å². The summed E-state index contributed by atoms with van der Waals surface area (Å²) in [6, 6.07) is 0. The summed E-state index contributed by atoms with van der Waals surface area (Å²) < 4.78 is 0. The Hall–Kier alpha value is -0.920. The highest BCUT2D eigenvalue weighted by Gasteiger charge is 2.10. The summed E-state index contributed by atoms with van der Waals surface area (Å²) in [7, 11) is 0. The molecule has 0 spiro atoms. The average Bonchev–Trinajstić information content (AvgIpc) is 1.88. The number of aliphatic hydroxyl groups excluding tert-OH is 1. The van der Waals surface area contributed by atoms with E-state index in [0.29, 0.717) is 5.76 Å². The van der Waals surface area contributed by atoms with E-state index in [0.717, 1.165) is 30.7 Å². The molecule has 0 aliphatic carbocycles. The molecule has 1 saturated heterocycles. The normalized spacial score (nSPS) is 23.9. The highest BCUT2D eigenvalue weighted by atomic mass is 16.3. The van der Waals surface area contributed by atoms with Crippen LogP contribution in [0.4, 0.5) is 0 Å². The topological polar surface area (TPSA) is 32.3 Å². The molecule has 1 aliphatic heterocycles. The van der Waals surface area contributed by atoms with Gasteiger partial charge in [-0.15, -0.1) is 0 Å². The third kappa shape index (κ3) is 1.32. The first-order valence-electron chi connectivity index (χ1n) is 3.53. The van der Waals surface area contributed by atoms with Crippen molar-refractivity contribution in [3.63, 3.8) is 0 Å². The zero-order chi connectivity index (χ0) is 7.56. The maximum Gasteiger partial charge on any atom is 0.0944 e. The van der Waals surface area contributed by atoms with Gasteiger partial charge in [-0.2, -0.15) is 0 Å². The molecule has 0 bridgehead atoms. The zero-order valence-corrected chi connectivity index (χ0v) is 6.28.